The topological polar surface area (TPSA) is 26.3 Å². The van der Waals surface area contributed by atoms with Crippen LogP contribution >= 0.6 is 0 Å². The number of ether oxygens (including phenoxy) is 1. The van der Waals surface area contributed by atoms with Gasteiger partial charge in [-0.1, -0.05) is 45.4 Å². The van der Waals surface area contributed by atoms with Gasteiger partial charge in [-0.2, -0.15) is 0 Å². The van der Waals surface area contributed by atoms with E-state index in [0.717, 1.165) is 6.42 Å². The van der Waals surface area contributed by atoms with Gasteiger partial charge in [-0.05, 0) is 42.7 Å². The Kier molecular flexibility index (Phi) is 4.62. The molecule has 0 aliphatic heterocycles. The maximum atomic E-state index is 12.2. The van der Waals surface area contributed by atoms with E-state index in [1.807, 2.05) is 30.3 Å². The quantitative estimate of drug-likeness (QED) is 0.757. The lowest BCUT2D eigenvalue weighted by Crippen LogP contribution is -2.35. The predicted octanol–water partition coefficient (Wildman–Crippen LogP) is 4.30. The molecule has 0 spiro atoms. The molecule has 1 aromatic rings. The molecule has 0 heterocycles. The van der Waals surface area contributed by atoms with Crippen LogP contribution in [0.4, 0.5) is 0 Å². The summed E-state index contributed by atoms with van der Waals surface area (Å²) >= 11 is 0. The summed E-state index contributed by atoms with van der Waals surface area (Å²) in [5, 5.41) is 0. The smallest absolute Gasteiger partial charge is 0.338 e. The lowest BCUT2D eigenvalue weighted by molar-refractivity contribution is -0.0174. The van der Waals surface area contributed by atoms with Crippen molar-refractivity contribution in [3.63, 3.8) is 0 Å². The molecule has 1 aliphatic rings. The SMILES string of the molecule is CC(C)[C@@H]1CC[C@H](C)C[C@H]1OC(=O)c1ccccc1. The van der Waals surface area contributed by atoms with Crippen LogP contribution < -0.4 is 0 Å². The van der Waals surface area contributed by atoms with Gasteiger partial charge in [0.25, 0.3) is 0 Å². The maximum Gasteiger partial charge on any atom is 0.338 e. The lowest BCUT2D eigenvalue weighted by atomic mass is 9.75. The third-order valence-corrected chi connectivity index (χ3v) is 4.23. The average Bonchev–Trinajstić information content (AvgIpc) is 2.39. The highest BCUT2D eigenvalue weighted by atomic mass is 16.5. The molecular weight excluding hydrogens is 236 g/mol. The van der Waals surface area contributed by atoms with Crippen molar-refractivity contribution in [2.75, 3.05) is 0 Å². The molecule has 0 N–H and O–H groups in total. The third-order valence-electron chi connectivity index (χ3n) is 4.23. The Labute approximate surface area is 116 Å². The highest BCUT2D eigenvalue weighted by Gasteiger charge is 2.33. The highest BCUT2D eigenvalue weighted by Crippen LogP contribution is 2.35. The first-order valence-corrected chi connectivity index (χ1v) is 7.34. The standard InChI is InChI=1S/C17H24O2/c1-12(2)15-10-9-13(3)11-16(15)19-17(18)14-7-5-4-6-8-14/h4-8,12-13,15-16H,9-11H2,1-3H3/t13-,15-,16+/m0/s1. The monoisotopic (exact) mass is 260 g/mol. The summed E-state index contributed by atoms with van der Waals surface area (Å²) < 4.78 is 5.78. The first kappa shape index (κ1) is 14.1. The highest BCUT2D eigenvalue weighted by molar-refractivity contribution is 5.89. The zero-order valence-corrected chi connectivity index (χ0v) is 12.1. The van der Waals surface area contributed by atoms with E-state index >= 15 is 0 Å². The third kappa shape index (κ3) is 3.59. The first-order chi connectivity index (χ1) is 9.08. The number of carbonyl (C=O) groups is 1. The molecule has 0 aromatic heterocycles. The van der Waals surface area contributed by atoms with Gasteiger partial charge < -0.3 is 4.74 Å². The van der Waals surface area contributed by atoms with Crippen LogP contribution in [0.1, 0.15) is 50.4 Å². The van der Waals surface area contributed by atoms with Crippen molar-refractivity contribution in [2.24, 2.45) is 17.8 Å². The largest absolute Gasteiger partial charge is 0.458 e. The number of esters is 1. The fraction of sp³-hybridized carbons (Fsp3) is 0.588. The Morgan fingerprint density at radius 2 is 1.89 bits per heavy atom. The van der Waals surface area contributed by atoms with Crippen LogP contribution in [0.5, 0.6) is 0 Å². The predicted molar refractivity (Wildman–Crippen MR) is 77.0 cm³/mol. The number of rotatable bonds is 3. The second-order valence-corrected chi connectivity index (χ2v) is 6.14. The minimum Gasteiger partial charge on any atom is -0.458 e. The summed E-state index contributed by atoms with van der Waals surface area (Å²) in [6, 6.07) is 9.30. The van der Waals surface area contributed by atoms with Gasteiger partial charge in [0.2, 0.25) is 0 Å². The Morgan fingerprint density at radius 1 is 1.21 bits per heavy atom. The molecule has 0 radical (unpaired) electrons. The summed E-state index contributed by atoms with van der Waals surface area (Å²) in [5.41, 5.74) is 0.656. The van der Waals surface area contributed by atoms with Crippen molar-refractivity contribution >= 4 is 5.97 Å². The maximum absolute atomic E-state index is 12.2. The molecule has 0 amide bonds. The number of benzene rings is 1. The fourth-order valence-corrected chi connectivity index (χ4v) is 3.03. The van der Waals surface area contributed by atoms with Gasteiger partial charge in [0.15, 0.2) is 0 Å². The van der Waals surface area contributed by atoms with Crippen LogP contribution in [0, 0.1) is 17.8 Å². The van der Waals surface area contributed by atoms with Crippen LogP contribution in [0.25, 0.3) is 0 Å². The van der Waals surface area contributed by atoms with Crippen molar-refractivity contribution in [1.82, 2.24) is 0 Å². The summed E-state index contributed by atoms with van der Waals surface area (Å²) in [6.07, 6.45) is 3.51. The Bertz CT molecular complexity index is 411. The van der Waals surface area contributed by atoms with Gasteiger partial charge in [-0.15, -0.1) is 0 Å². The molecule has 1 saturated carbocycles. The van der Waals surface area contributed by atoms with Gasteiger partial charge in [-0.3, -0.25) is 0 Å². The van der Waals surface area contributed by atoms with Crippen LogP contribution in [-0.2, 0) is 4.74 Å². The molecule has 3 atom stereocenters. The zero-order chi connectivity index (χ0) is 13.8. The number of carbonyl (C=O) groups excluding carboxylic acids is 1. The Hall–Kier alpha value is -1.31. The molecular formula is C17H24O2. The zero-order valence-electron chi connectivity index (χ0n) is 12.1. The molecule has 0 unspecified atom stereocenters. The van der Waals surface area contributed by atoms with E-state index in [-0.39, 0.29) is 12.1 Å². The van der Waals surface area contributed by atoms with Gasteiger partial charge >= 0.3 is 5.97 Å². The number of hydrogen-bond acceptors (Lipinski definition) is 2. The van der Waals surface area contributed by atoms with E-state index in [9.17, 15) is 4.79 Å². The van der Waals surface area contributed by atoms with Crippen LogP contribution in [-0.4, -0.2) is 12.1 Å². The normalized spacial score (nSPS) is 27.3. The molecule has 2 heteroatoms. The van der Waals surface area contributed by atoms with Gasteiger partial charge in [-0.25, -0.2) is 4.79 Å². The second-order valence-electron chi connectivity index (χ2n) is 6.14. The minimum absolute atomic E-state index is 0.0801. The van der Waals surface area contributed by atoms with Crippen molar-refractivity contribution in [1.29, 1.82) is 0 Å². The minimum atomic E-state index is -0.176. The van der Waals surface area contributed by atoms with Crippen molar-refractivity contribution in [3.8, 4) is 0 Å². The summed E-state index contributed by atoms with van der Waals surface area (Å²) in [6.45, 7) is 6.70. The molecule has 1 aliphatic carbocycles. The van der Waals surface area contributed by atoms with Crippen molar-refractivity contribution < 1.29 is 9.53 Å². The fourth-order valence-electron chi connectivity index (χ4n) is 3.03. The van der Waals surface area contributed by atoms with E-state index < -0.39 is 0 Å². The molecule has 2 rings (SSSR count). The molecule has 1 fully saturated rings. The molecule has 0 bridgehead atoms. The summed E-state index contributed by atoms with van der Waals surface area (Å²) in [5.74, 6) is 1.55. The molecule has 104 valence electrons. The van der Waals surface area contributed by atoms with Crippen LogP contribution in [0.15, 0.2) is 30.3 Å². The molecule has 0 saturated heterocycles. The van der Waals surface area contributed by atoms with E-state index in [0.29, 0.717) is 23.3 Å². The van der Waals surface area contributed by atoms with E-state index in [2.05, 4.69) is 20.8 Å². The van der Waals surface area contributed by atoms with E-state index in [1.54, 1.807) is 0 Å². The van der Waals surface area contributed by atoms with E-state index in [4.69, 9.17) is 4.74 Å². The van der Waals surface area contributed by atoms with Gasteiger partial charge in [0.1, 0.15) is 6.10 Å². The first-order valence-electron chi connectivity index (χ1n) is 7.34. The second kappa shape index (κ2) is 6.23. The molecule has 1 aromatic carbocycles. The van der Waals surface area contributed by atoms with Crippen molar-refractivity contribution in [2.45, 2.75) is 46.1 Å². The summed E-state index contributed by atoms with van der Waals surface area (Å²) in [4.78, 5) is 12.2. The van der Waals surface area contributed by atoms with Gasteiger partial charge in [0.05, 0.1) is 5.56 Å². The van der Waals surface area contributed by atoms with Crippen molar-refractivity contribution in [3.05, 3.63) is 35.9 Å². The van der Waals surface area contributed by atoms with Crippen LogP contribution in [0.2, 0.25) is 0 Å². The lowest BCUT2D eigenvalue weighted by Gasteiger charge is -2.36. The summed E-state index contributed by atoms with van der Waals surface area (Å²) in [7, 11) is 0. The molecule has 2 nitrogen and oxygen atoms in total. The molecule has 19 heavy (non-hydrogen) atoms. The number of hydrogen-bond donors (Lipinski definition) is 0. The van der Waals surface area contributed by atoms with Crippen LogP contribution in [0.3, 0.4) is 0 Å². The van der Waals surface area contributed by atoms with E-state index in [1.165, 1.54) is 12.8 Å². The average molecular weight is 260 g/mol. The Morgan fingerprint density at radius 3 is 2.53 bits per heavy atom. The Balaban J connectivity index is 2.04. The van der Waals surface area contributed by atoms with Gasteiger partial charge in [0, 0.05) is 0 Å².